The number of aromatic nitrogens is 1. The van der Waals surface area contributed by atoms with E-state index in [1.165, 1.54) is 5.56 Å². The van der Waals surface area contributed by atoms with E-state index >= 15 is 0 Å². The number of rotatable bonds is 3. The van der Waals surface area contributed by atoms with E-state index < -0.39 is 0 Å². The molecule has 2 heterocycles. The van der Waals surface area contributed by atoms with Crippen LogP contribution in [0.4, 0.5) is 0 Å². The molecule has 1 aliphatic heterocycles. The van der Waals surface area contributed by atoms with E-state index in [2.05, 4.69) is 39.5 Å². The summed E-state index contributed by atoms with van der Waals surface area (Å²) in [6.07, 6.45) is 0. The van der Waals surface area contributed by atoms with Crippen LogP contribution in [0, 0.1) is 0 Å². The van der Waals surface area contributed by atoms with Gasteiger partial charge >= 0.3 is 0 Å². The SMILES string of the molecule is CC(=O)N1CCN(Cc2cscn2)C(c2ccccc2)C1. The van der Waals surface area contributed by atoms with E-state index in [0.717, 1.165) is 31.9 Å². The summed E-state index contributed by atoms with van der Waals surface area (Å²) in [6.45, 7) is 4.93. The number of piperazine rings is 1. The Balaban J connectivity index is 1.82. The van der Waals surface area contributed by atoms with Gasteiger partial charge in [0, 0.05) is 38.5 Å². The maximum Gasteiger partial charge on any atom is 0.219 e. The Morgan fingerprint density at radius 1 is 1.33 bits per heavy atom. The van der Waals surface area contributed by atoms with E-state index in [1.807, 2.05) is 16.5 Å². The third kappa shape index (κ3) is 3.31. The maximum atomic E-state index is 11.7. The number of hydrogen-bond acceptors (Lipinski definition) is 4. The molecule has 4 nitrogen and oxygen atoms in total. The van der Waals surface area contributed by atoms with Crippen molar-refractivity contribution in [2.45, 2.75) is 19.5 Å². The summed E-state index contributed by atoms with van der Waals surface area (Å²) in [6, 6.07) is 10.7. The highest BCUT2D eigenvalue weighted by molar-refractivity contribution is 7.07. The predicted octanol–water partition coefficient (Wildman–Crippen LogP) is 2.55. The molecular weight excluding hydrogens is 282 g/mol. The summed E-state index contributed by atoms with van der Waals surface area (Å²) in [5.74, 6) is 0.157. The average Bonchev–Trinajstić information content (AvgIpc) is 3.01. The molecule has 1 aliphatic rings. The standard InChI is InChI=1S/C16H19N3OS/c1-13(20)18-7-8-19(9-15-11-21-12-17-15)16(10-18)14-5-3-2-4-6-14/h2-6,11-12,16H,7-10H2,1H3. The molecule has 0 saturated carbocycles. The predicted molar refractivity (Wildman–Crippen MR) is 84.0 cm³/mol. The molecule has 1 amide bonds. The smallest absolute Gasteiger partial charge is 0.219 e. The Kier molecular flexibility index (Phi) is 4.31. The van der Waals surface area contributed by atoms with Gasteiger partial charge in [-0.2, -0.15) is 0 Å². The average molecular weight is 301 g/mol. The van der Waals surface area contributed by atoms with Crippen LogP contribution in [-0.2, 0) is 11.3 Å². The molecule has 1 saturated heterocycles. The molecule has 0 radical (unpaired) electrons. The minimum Gasteiger partial charge on any atom is -0.340 e. The molecule has 21 heavy (non-hydrogen) atoms. The van der Waals surface area contributed by atoms with Crippen molar-refractivity contribution in [3.05, 3.63) is 52.5 Å². The van der Waals surface area contributed by atoms with Crippen molar-refractivity contribution in [2.24, 2.45) is 0 Å². The van der Waals surface area contributed by atoms with Crippen LogP contribution in [0.1, 0.15) is 24.2 Å². The zero-order chi connectivity index (χ0) is 14.7. The first-order valence-electron chi connectivity index (χ1n) is 7.15. The zero-order valence-corrected chi connectivity index (χ0v) is 12.9. The van der Waals surface area contributed by atoms with Gasteiger partial charge < -0.3 is 4.90 Å². The highest BCUT2D eigenvalue weighted by Gasteiger charge is 2.29. The molecule has 0 aliphatic carbocycles. The van der Waals surface area contributed by atoms with Gasteiger partial charge in [-0.1, -0.05) is 30.3 Å². The molecule has 5 heteroatoms. The monoisotopic (exact) mass is 301 g/mol. The van der Waals surface area contributed by atoms with E-state index in [4.69, 9.17) is 0 Å². The fraction of sp³-hybridized carbons (Fsp3) is 0.375. The van der Waals surface area contributed by atoms with Crippen molar-refractivity contribution >= 4 is 17.2 Å². The molecule has 1 fully saturated rings. The van der Waals surface area contributed by atoms with E-state index in [-0.39, 0.29) is 11.9 Å². The van der Waals surface area contributed by atoms with Crippen LogP contribution in [0.3, 0.4) is 0 Å². The summed E-state index contributed by atoms with van der Waals surface area (Å²) < 4.78 is 0. The summed E-state index contributed by atoms with van der Waals surface area (Å²) in [5.41, 5.74) is 4.24. The summed E-state index contributed by atoms with van der Waals surface area (Å²) in [7, 11) is 0. The first-order chi connectivity index (χ1) is 10.2. The number of nitrogens with zero attached hydrogens (tertiary/aromatic N) is 3. The summed E-state index contributed by atoms with van der Waals surface area (Å²) in [4.78, 5) is 20.4. The molecule has 1 aromatic heterocycles. The molecule has 1 atom stereocenters. The Bertz CT molecular complexity index is 585. The third-order valence-electron chi connectivity index (χ3n) is 3.97. The molecule has 110 valence electrons. The van der Waals surface area contributed by atoms with Crippen molar-refractivity contribution in [2.75, 3.05) is 19.6 Å². The minimum atomic E-state index is 0.157. The van der Waals surface area contributed by atoms with Gasteiger partial charge in [0.1, 0.15) is 0 Å². The second-order valence-corrected chi connectivity index (χ2v) is 6.06. The maximum absolute atomic E-state index is 11.7. The van der Waals surface area contributed by atoms with Gasteiger partial charge in [-0.3, -0.25) is 9.69 Å². The van der Waals surface area contributed by atoms with Crippen molar-refractivity contribution in [3.8, 4) is 0 Å². The second kappa shape index (κ2) is 6.37. The van der Waals surface area contributed by atoms with E-state index in [1.54, 1.807) is 18.3 Å². The minimum absolute atomic E-state index is 0.157. The van der Waals surface area contributed by atoms with Crippen LogP contribution in [0.15, 0.2) is 41.2 Å². The molecule has 1 aromatic carbocycles. The lowest BCUT2D eigenvalue weighted by Gasteiger charge is -2.41. The quantitative estimate of drug-likeness (QED) is 0.874. The van der Waals surface area contributed by atoms with Gasteiger partial charge in [0.05, 0.1) is 17.2 Å². The van der Waals surface area contributed by atoms with Gasteiger partial charge in [-0.15, -0.1) is 11.3 Å². The first-order valence-corrected chi connectivity index (χ1v) is 8.10. The van der Waals surface area contributed by atoms with Crippen molar-refractivity contribution in [1.29, 1.82) is 0 Å². The van der Waals surface area contributed by atoms with Crippen LogP contribution in [0.25, 0.3) is 0 Å². The lowest BCUT2D eigenvalue weighted by Crippen LogP contribution is -2.49. The molecule has 0 N–H and O–H groups in total. The molecule has 1 unspecified atom stereocenters. The lowest BCUT2D eigenvalue weighted by atomic mass is 10.0. The summed E-state index contributed by atoms with van der Waals surface area (Å²) in [5, 5.41) is 2.10. The van der Waals surface area contributed by atoms with Gasteiger partial charge in [0.25, 0.3) is 0 Å². The fourth-order valence-electron chi connectivity index (χ4n) is 2.81. The largest absolute Gasteiger partial charge is 0.340 e. The van der Waals surface area contributed by atoms with Gasteiger partial charge in [-0.25, -0.2) is 4.98 Å². The third-order valence-corrected chi connectivity index (χ3v) is 4.60. The highest BCUT2D eigenvalue weighted by Crippen LogP contribution is 2.27. The number of thiazole rings is 1. The second-order valence-electron chi connectivity index (χ2n) is 5.34. The van der Waals surface area contributed by atoms with Crippen molar-refractivity contribution in [1.82, 2.24) is 14.8 Å². The van der Waals surface area contributed by atoms with Crippen LogP contribution in [0.2, 0.25) is 0 Å². The molecule has 0 spiro atoms. The molecule has 0 bridgehead atoms. The van der Waals surface area contributed by atoms with Crippen molar-refractivity contribution < 1.29 is 4.79 Å². The topological polar surface area (TPSA) is 36.4 Å². The van der Waals surface area contributed by atoms with Crippen LogP contribution in [0.5, 0.6) is 0 Å². The first kappa shape index (κ1) is 14.2. The fourth-order valence-corrected chi connectivity index (χ4v) is 3.36. The van der Waals surface area contributed by atoms with Gasteiger partial charge in [-0.05, 0) is 5.56 Å². The number of amides is 1. The Hall–Kier alpha value is -1.72. The normalized spacial score (nSPS) is 19.7. The Morgan fingerprint density at radius 2 is 2.14 bits per heavy atom. The molecule has 2 aromatic rings. The van der Waals surface area contributed by atoms with E-state index in [9.17, 15) is 4.79 Å². The number of carbonyl (C=O) groups is 1. The van der Waals surface area contributed by atoms with Crippen LogP contribution >= 0.6 is 11.3 Å². The highest BCUT2D eigenvalue weighted by atomic mass is 32.1. The number of carbonyl (C=O) groups excluding carboxylic acids is 1. The summed E-state index contributed by atoms with van der Waals surface area (Å²) >= 11 is 1.63. The number of hydrogen-bond donors (Lipinski definition) is 0. The van der Waals surface area contributed by atoms with Crippen molar-refractivity contribution in [3.63, 3.8) is 0 Å². The van der Waals surface area contributed by atoms with Gasteiger partial charge in [0.15, 0.2) is 0 Å². The Labute approximate surface area is 129 Å². The number of benzene rings is 1. The van der Waals surface area contributed by atoms with Gasteiger partial charge in [0.2, 0.25) is 5.91 Å². The molecular formula is C16H19N3OS. The lowest BCUT2D eigenvalue weighted by molar-refractivity contribution is -0.132. The Morgan fingerprint density at radius 3 is 2.81 bits per heavy atom. The van der Waals surface area contributed by atoms with E-state index in [0.29, 0.717) is 0 Å². The van der Waals surface area contributed by atoms with Crippen LogP contribution in [-0.4, -0.2) is 40.3 Å². The molecule has 3 rings (SSSR count). The zero-order valence-electron chi connectivity index (χ0n) is 12.1. The van der Waals surface area contributed by atoms with Crippen LogP contribution < -0.4 is 0 Å².